The van der Waals surface area contributed by atoms with Gasteiger partial charge in [0.05, 0.1) is 16.7 Å². The van der Waals surface area contributed by atoms with Gasteiger partial charge in [0.25, 0.3) is 0 Å². The first kappa shape index (κ1) is 48.8. The average molecular weight is 1070 g/mol. The number of benzene rings is 15. The molecule has 84 heavy (non-hydrogen) atoms. The van der Waals surface area contributed by atoms with Crippen LogP contribution in [0.3, 0.4) is 0 Å². The Kier molecular flexibility index (Phi) is 11.9. The summed E-state index contributed by atoms with van der Waals surface area (Å²) in [5, 5.41) is 12.2. The van der Waals surface area contributed by atoms with Gasteiger partial charge in [-0.1, -0.05) is 261 Å². The van der Waals surface area contributed by atoms with Crippen molar-refractivity contribution in [2.75, 3.05) is 4.90 Å². The molecule has 0 aliphatic rings. The van der Waals surface area contributed by atoms with E-state index in [2.05, 4.69) is 337 Å². The van der Waals surface area contributed by atoms with Crippen molar-refractivity contribution in [2.24, 2.45) is 0 Å². The third kappa shape index (κ3) is 8.18. The van der Waals surface area contributed by atoms with Gasteiger partial charge in [-0.25, -0.2) is 0 Å². The van der Waals surface area contributed by atoms with Gasteiger partial charge in [0.15, 0.2) is 0 Å². The second kappa shape index (κ2) is 20.5. The highest BCUT2D eigenvalue weighted by atomic mass is 15.1. The Balaban J connectivity index is 0.854. The van der Waals surface area contributed by atoms with E-state index in [0.29, 0.717) is 0 Å². The lowest BCUT2D eigenvalue weighted by Crippen LogP contribution is -2.10. The Hall–Kier alpha value is -11.1. The standard InChI is InChI=1S/C82H54N2/c1-4-23-55(24-5-1)63-31-12-14-34-66(63)58-43-50-79-76(53-58)77-54-59(67-35-15-13-32-64(67)56-25-6-2-7-26-56)44-51-80(77)84(79)62-47-45-61(46-48-62)83(60-29-8-3-9-30-60)78-52-49-75(68-36-16-17-37-69(68)78)82-73-40-20-18-38-71(73)81(72-39-19-21-41-74(72)82)70-42-22-28-57-27-10-11-33-65(57)70/h1-54H. The van der Waals surface area contributed by atoms with Gasteiger partial charge in [-0.2, -0.15) is 0 Å². The van der Waals surface area contributed by atoms with Gasteiger partial charge in [-0.05, 0) is 171 Å². The number of hydrogen-bond donors (Lipinski definition) is 0. The zero-order chi connectivity index (χ0) is 55.5. The van der Waals surface area contributed by atoms with E-state index in [1.54, 1.807) is 0 Å². The summed E-state index contributed by atoms with van der Waals surface area (Å²) in [6.45, 7) is 0. The van der Waals surface area contributed by atoms with E-state index in [0.717, 1.165) is 33.8 Å². The molecule has 2 nitrogen and oxygen atoms in total. The van der Waals surface area contributed by atoms with Crippen LogP contribution in [0.4, 0.5) is 17.1 Å². The lowest BCUT2D eigenvalue weighted by atomic mass is 9.83. The smallest absolute Gasteiger partial charge is 0.0541 e. The maximum Gasteiger partial charge on any atom is 0.0541 e. The van der Waals surface area contributed by atoms with Crippen molar-refractivity contribution in [3.05, 3.63) is 328 Å². The number of rotatable bonds is 10. The molecule has 0 radical (unpaired) electrons. The summed E-state index contributed by atoms with van der Waals surface area (Å²) in [5.41, 5.74) is 21.2. The number of aromatic nitrogens is 1. The van der Waals surface area contributed by atoms with Crippen molar-refractivity contribution in [3.8, 4) is 72.4 Å². The number of anilines is 3. The van der Waals surface area contributed by atoms with E-state index in [9.17, 15) is 0 Å². The molecule has 0 aliphatic heterocycles. The van der Waals surface area contributed by atoms with Crippen molar-refractivity contribution in [1.29, 1.82) is 0 Å². The first-order valence-electron chi connectivity index (χ1n) is 29.0. The summed E-state index contributed by atoms with van der Waals surface area (Å²) in [5.74, 6) is 0. The minimum Gasteiger partial charge on any atom is -0.310 e. The van der Waals surface area contributed by atoms with Gasteiger partial charge < -0.3 is 9.47 Å². The molecule has 15 aromatic carbocycles. The fourth-order valence-electron chi connectivity index (χ4n) is 13.4. The summed E-state index contributed by atoms with van der Waals surface area (Å²) in [4.78, 5) is 2.43. The maximum atomic E-state index is 2.45. The second-order valence-corrected chi connectivity index (χ2v) is 21.9. The highest BCUT2D eigenvalue weighted by Crippen LogP contribution is 2.50. The first-order chi connectivity index (χ1) is 41.7. The van der Waals surface area contributed by atoms with Crippen LogP contribution in [0.2, 0.25) is 0 Å². The zero-order valence-electron chi connectivity index (χ0n) is 46.1. The lowest BCUT2D eigenvalue weighted by Gasteiger charge is -2.28. The minimum absolute atomic E-state index is 1.07. The summed E-state index contributed by atoms with van der Waals surface area (Å²) >= 11 is 0. The molecular formula is C82H54N2. The van der Waals surface area contributed by atoms with Crippen LogP contribution < -0.4 is 4.90 Å². The van der Waals surface area contributed by atoms with Gasteiger partial charge in [-0.3, -0.25) is 0 Å². The molecule has 0 fully saturated rings. The quantitative estimate of drug-likeness (QED) is 0.124. The maximum absolute atomic E-state index is 2.45. The number of hydrogen-bond acceptors (Lipinski definition) is 1. The van der Waals surface area contributed by atoms with Crippen LogP contribution in [0.1, 0.15) is 0 Å². The minimum atomic E-state index is 1.07. The molecule has 0 aliphatic carbocycles. The average Bonchev–Trinajstić information content (AvgIpc) is 2.45. The predicted molar refractivity (Wildman–Crippen MR) is 358 cm³/mol. The Labute approximate surface area is 488 Å². The van der Waals surface area contributed by atoms with E-state index in [1.165, 1.54) is 121 Å². The summed E-state index contributed by atoms with van der Waals surface area (Å²) < 4.78 is 2.45. The highest BCUT2D eigenvalue weighted by molar-refractivity contribution is 6.26. The van der Waals surface area contributed by atoms with Crippen LogP contribution in [0.5, 0.6) is 0 Å². The van der Waals surface area contributed by atoms with Gasteiger partial charge >= 0.3 is 0 Å². The van der Waals surface area contributed by atoms with Crippen LogP contribution >= 0.6 is 0 Å². The Morgan fingerprint density at radius 3 is 1.12 bits per heavy atom. The van der Waals surface area contributed by atoms with Crippen LogP contribution in [0.25, 0.3) is 137 Å². The van der Waals surface area contributed by atoms with E-state index in [4.69, 9.17) is 0 Å². The third-order valence-electron chi connectivity index (χ3n) is 17.2. The number of para-hydroxylation sites is 1. The Morgan fingerprint density at radius 1 is 0.214 bits per heavy atom. The van der Waals surface area contributed by atoms with Crippen LogP contribution in [0.15, 0.2) is 328 Å². The van der Waals surface area contributed by atoms with Crippen molar-refractivity contribution in [2.45, 2.75) is 0 Å². The molecule has 0 unspecified atom stereocenters. The second-order valence-electron chi connectivity index (χ2n) is 21.9. The van der Waals surface area contributed by atoms with E-state index in [1.807, 2.05) is 0 Å². The van der Waals surface area contributed by atoms with Gasteiger partial charge in [-0.15, -0.1) is 0 Å². The van der Waals surface area contributed by atoms with Crippen molar-refractivity contribution >= 4 is 82.0 Å². The fourth-order valence-corrected chi connectivity index (χ4v) is 13.4. The van der Waals surface area contributed by atoms with Crippen molar-refractivity contribution < 1.29 is 0 Å². The summed E-state index contributed by atoms with van der Waals surface area (Å²) in [6, 6.07) is 120. The first-order valence-corrected chi connectivity index (χ1v) is 29.0. The van der Waals surface area contributed by atoms with Gasteiger partial charge in [0.2, 0.25) is 0 Å². The Morgan fingerprint density at radius 2 is 0.595 bits per heavy atom. The molecule has 0 amide bonds. The molecule has 16 rings (SSSR count). The molecule has 392 valence electrons. The van der Waals surface area contributed by atoms with Crippen LogP contribution in [-0.4, -0.2) is 4.57 Å². The molecule has 1 aromatic heterocycles. The predicted octanol–water partition coefficient (Wildman–Crippen LogP) is 22.9. The molecule has 0 atom stereocenters. The summed E-state index contributed by atoms with van der Waals surface area (Å²) in [7, 11) is 0. The molecule has 2 heteroatoms. The van der Waals surface area contributed by atoms with E-state index >= 15 is 0 Å². The molecule has 0 spiro atoms. The van der Waals surface area contributed by atoms with Gasteiger partial charge in [0, 0.05) is 33.2 Å². The largest absolute Gasteiger partial charge is 0.310 e. The normalized spacial score (nSPS) is 11.6. The molecule has 0 saturated carbocycles. The van der Waals surface area contributed by atoms with E-state index < -0.39 is 0 Å². The molecule has 0 N–H and O–H groups in total. The van der Waals surface area contributed by atoms with E-state index in [-0.39, 0.29) is 0 Å². The molecule has 1 heterocycles. The SMILES string of the molecule is c1ccc(-c2ccccc2-c2ccc3c(c2)c2cc(-c4ccccc4-c4ccccc4)ccc2n3-c2ccc(N(c3ccccc3)c3ccc(-c4c5ccccc5c(-c5cccc6ccccc56)c5ccccc45)c4ccccc34)cc2)cc1. The Bertz CT molecular complexity index is 4970. The van der Waals surface area contributed by atoms with Crippen LogP contribution in [-0.2, 0) is 0 Å². The lowest BCUT2D eigenvalue weighted by molar-refractivity contribution is 1.17. The fraction of sp³-hybridized carbons (Fsp3) is 0. The zero-order valence-corrected chi connectivity index (χ0v) is 46.1. The monoisotopic (exact) mass is 1070 g/mol. The van der Waals surface area contributed by atoms with Crippen molar-refractivity contribution in [3.63, 3.8) is 0 Å². The van der Waals surface area contributed by atoms with Crippen molar-refractivity contribution in [1.82, 2.24) is 4.57 Å². The molecule has 0 bridgehead atoms. The summed E-state index contributed by atoms with van der Waals surface area (Å²) in [6.07, 6.45) is 0. The number of nitrogens with zero attached hydrogens (tertiary/aromatic N) is 2. The number of fused-ring (bicyclic) bond motifs is 7. The molecular weight excluding hydrogens is 1010 g/mol. The van der Waals surface area contributed by atoms with Gasteiger partial charge in [0.1, 0.15) is 0 Å². The highest BCUT2D eigenvalue weighted by Gasteiger charge is 2.23. The third-order valence-corrected chi connectivity index (χ3v) is 17.2. The molecule has 16 aromatic rings. The molecule has 0 saturated heterocycles. The topological polar surface area (TPSA) is 8.17 Å². The van der Waals surface area contributed by atoms with Crippen LogP contribution in [0, 0.1) is 0 Å².